The second kappa shape index (κ2) is 6.46. The van der Waals surface area contributed by atoms with Crippen molar-refractivity contribution >= 4 is 22.8 Å². The summed E-state index contributed by atoms with van der Waals surface area (Å²) in [7, 11) is 0. The van der Waals surface area contributed by atoms with E-state index in [9.17, 15) is 9.18 Å². The SMILES string of the molecule is Cc1cc(F)c2ncnc(N3CCN(C(=O)OC(C)(C)C)CC3)c2c1. The Morgan fingerprint density at radius 2 is 1.84 bits per heavy atom. The highest BCUT2D eigenvalue weighted by Crippen LogP contribution is 2.27. The van der Waals surface area contributed by atoms with Gasteiger partial charge in [0.2, 0.25) is 0 Å². The molecule has 0 atom stereocenters. The molecule has 0 radical (unpaired) electrons. The molecule has 3 rings (SSSR count). The van der Waals surface area contributed by atoms with Crippen LogP contribution in [0.4, 0.5) is 15.0 Å². The average molecular weight is 346 g/mol. The number of hydrogen-bond donors (Lipinski definition) is 0. The third-order valence-electron chi connectivity index (χ3n) is 4.05. The molecule has 0 unspecified atom stereocenters. The zero-order valence-corrected chi connectivity index (χ0v) is 15.0. The van der Waals surface area contributed by atoms with Crippen molar-refractivity contribution in [1.29, 1.82) is 0 Å². The molecule has 1 aromatic carbocycles. The van der Waals surface area contributed by atoms with Gasteiger partial charge in [0.25, 0.3) is 0 Å². The van der Waals surface area contributed by atoms with Gasteiger partial charge in [-0.05, 0) is 45.4 Å². The highest BCUT2D eigenvalue weighted by molar-refractivity contribution is 5.90. The molecule has 1 aliphatic heterocycles. The summed E-state index contributed by atoms with van der Waals surface area (Å²) < 4.78 is 19.6. The van der Waals surface area contributed by atoms with Crippen molar-refractivity contribution in [2.75, 3.05) is 31.1 Å². The summed E-state index contributed by atoms with van der Waals surface area (Å²) in [6.45, 7) is 9.70. The van der Waals surface area contributed by atoms with E-state index in [4.69, 9.17) is 4.74 Å². The Morgan fingerprint density at radius 1 is 1.16 bits per heavy atom. The van der Waals surface area contributed by atoms with Gasteiger partial charge in [-0.1, -0.05) is 0 Å². The molecule has 0 saturated carbocycles. The number of benzene rings is 1. The maximum atomic E-state index is 14.1. The summed E-state index contributed by atoms with van der Waals surface area (Å²) >= 11 is 0. The van der Waals surface area contributed by atoms with Crippen molar-refractivity contribution in [2.45, 2.75) is 33.3 Å². The molecule has 1 aliphatic rings. The number of nitrogens with zero attached hydrogens (tertiary/aromatic N) is 4. The fourth-order valence-electron chi connectivity index (χ4n) is 2.93. The Balaban J connectivity index is 1.78. The van der Waals surface area contributed by atoms with Crippen LogP contribution in [-0.4, -0.2) is 52.7 Å². The van der Waals surface area contributed by atoms with Crippen molar-refractivity contribution in [1.82, 2.24) is 14.9 Å². The monoisotopic (exact) mass is 346 g/mol. The van der Waals surface area contributed by atoms with Crippen LogP contribution in [-0.2, 0) is 4.74 Å². The van der Waals surface area contributed by atoms with E-state index in [2.05, 4.69) is 14.9 Å². The van der Waals surface area contributed by atoms with Crippen LogP contribution < -0.4 is 4.90 Å². The van der Waals surface area contributed by atoms with E-state index in [0.29, 0.717) is 42.9 Å². The number of aromatic nitrogens is 2. The van der Waals surface area contributed by atoms with Crippen LogP contribution in [0.1, 0.15) is 26.3 Å². The van der Waals surface area contributed by atoms with Crippen LogP contribution in [0, 0.1) is 12.7 Å². The highest BCUT2D eigenvalue weighted by Gasteiger charge is 2.27. The normalized spacial score (nSPS) is 15.6. The maximum Gasteiger partial charge on any atom is 0.410 e. The van der Waals surface area contributed by atoms with Crippen molar-refractivity contribution in [3.63, 3.8) is 0 Å². The number of fused-ring (bicyclic) bond motifs is 1. The Kier molecular flexibility index (Phi) is 4.49. The first-order valence-corrected chi connectivity index (χ1v) is 8.38. The smallest absolute Gasteiger partial charge is 0.410 e. The molecule has 134 valence electrons. The third kappa shape index (κ3) is 3.81. The molecule has 2 heterocycles. The number of carbonyl (C=O) groups is 1. The van der Waals surface area contributed by atoms with Crippen LogP contribution in [0.3, 0.4) is 0 Å². The first-order valence-electron chi connectivity index (χ1n) is 8.38. The number of anilines is 1. The van der Waals surface area contributed by atoms with Crippen LogP contribution in [0.5, 0.6) is 0 Å². The van der Waals surface area contributed by atoms with Crippen molar-refractivity contribution in [3.05, 3.63) is 29.8 Å². The van der Waals surface area contributed by atoms with Crippen LogP contribution in [0.15, 0.2) is 18.5 Å². The third-order valence-corrected chi connectivity index (χ3v) is 4.05. The molecule has 1 aromatic heterocycles. The number of rotatable bonds is 1. The summed E-state index contributed by atoms with van der Waals surface area (Å²) in [5, 5.41) is 0.700. The lowest BCUT2D eigenvalue weighted by Gasteiger charge is -2.36. The first kappa shape index (κ1) is 17.4. The fourth-order valence-corrected chi connectivity index (χ4v) is 2.93. The highest BCUT2D eigenvalue weighted by atomic mass is 19.1. The summed E-state index contributed by atoms with van der Waals surface area (Å²) in [4.78, 5) is 24.3. The quantitative estimate of drug-likeness (QED) is 0.794. The molecule has 7 heteroatoms. The minimum atomic E-state index is -0.508. The van der Waals surface area contributed by atoms with Crippen LogP contribution >= 0.6 is 0 Å². The van der Waals surface area contributed by atoms with Gasteiger partial charge in [0, 0.05) is 31.6 Å². The molecular formula is C18H23FN4O2. The zero-order valence-electron chi connectivity index (χ0n) is 15.0. The van der Waals surface area contributed by atoms with Crippen molar-refractivity contribution in [2.24, 2.45) is 0 Å². The predicted molar refractivity (Wildman–Crippen MR) is 94.3 cm³/mol. The van der Waals surface area contributed by atoms with Crippen molar-refractivity contribution in [3.8, 4) is 0 Å². The number of piperazine rings is 1. The second-order valence-corrected chi connectivity index (χ2v) is 7.29. The maximum absolute atomic E-state index is 14.1. The number of aryl methyl sites for hydroxylation is 1. The molecular weight excluding hydrogens is 323 g/mol. The number of hydrogen-bond acceptors (Lipinski definition) is 5. The van der Waals surface area contributed by atoms with Gasteiger partial charge in [-0.3, -0.25) is 0 Å². The molecule has 6 nitrogen and oxygen atoms in total. The molecule has 0 aliphatic carbocycles. The van der Waals surface area contributed by atoms with Crippen LogP contribution in [0.2, 0.25) is 0 Å². The fraction of sp³-hybridized carbons (Fsp3) is 0.500. The van der Waals surface area contributed by atoms with E-state index in [1.54, 1.807) is 4.90 Å². The molecule has 0 N–H and O–H groups in total. The predicted octanol–water partition coefficient (Wildman–Crippen LogP) is 3.13. The van der Waals surface area contributed by atoms with Gasteiger partial charge in [-0.15, -0.1) is 0 Å². The van der Waals surface area contributed by atoms with E-state index in [1.165, 1.54) is 12.4 Å². The molecule has 0 bridgehead atoms. The van der Waals surface area contributed by atoms with Gasteiger partial charge in [-0.2, -0.15) is 0 Å². The standard InChI is InChI=1S/C18H23FN4O2/c1-12-9-13-15(14(19)10-12)20-11-21-16(13)22-5-7-23(8-6-22)17(24)25-18(2,3)4/h9-11H,5-8H2,1-4H3. The van der Waals surface area contributed by atoms with Gasteiger partial charge < -0.3 is 14.5 Å². The lowest BCUT2D eigenvalue weighted by molar-refractivity contribution is 0.0240. The average Bonchev–Trinajstić information content (AvgIpc) is 2.53. The summed E-state index contributed by atoms with van der Waals surface area (Å²) in [5.41, 5.74) is 0.644. The number of amides is 1. The Hall–Kier alpha value is -2.44. The van der Waals surface area contributed by atoms with E-state index in [0.717, 1.165) is 5.56 Å². The van der Waals surface area contributed by atoms with Crippen molar-refractivity contribution < 1.29 is 13.9 Å². The number of ether oxygens (including phenoxy) is 1. The van der Waals surface area contributed by atoms with E-state index >= 15 is 0 Å². The molecule has 25 heavy (non-hydrogen) atoms. The molecule has 2 aromatic rings. The number of halogens is 1. The van der Waals surface area contributed by atoms with Gasteiger partial charge >= 0.3 is 6.09 Å². The topological polar surface area (TPSA) is 58.6 Å². The largest absolute Gasteiger partial charge is 0.444 e. The second-order valence-electron chi connectivity index (χ2n) is 7.29. The zero-order chi connectivity index (χ0) is 18.2. The minimum Gasteiger partial charge on any atom is -0.444 e. The summed E-state index contributed by atoms with van der Waals surface area (Å²) in [5.74, 6) is 0.363. The van der Waals surface area contributed by atoms with Gasteiger partial charge in [0.05, 0.1) is 0 Å². The van der Waals surface area contributed by atoms with Gasteiger partial charge in [-0.25, -0.2) is 19.2 Å². The van der Waals surface area contributed by atoms with Gasteiger partial charge in [0.15, 0.2) is 0 Å². The van der Waals surface area contributed by atoms with Crippen LogP contribution in [0.25, 0.3) is 10.9 Å². The minimum absolute atomic E-state index is 0.304. The van der Waals surface area contributed by atoms with E-state index < -0.39 is 5.60 Å². The molecule has 1 amide bonds. The first-order chi connectivity index (χ1) is 11.7. The Morgan fingerprint density at radius 3 is 2.48 bits per heavy atom. The lowest BCUT2D eigenvalue weighted by atomic mass is 10.1. The lowest BCUT2D eigenvalue weighted by Crippen LogP contribution is -2.50. The Labute approximate surface area is 146 Å². The van der Waals surface area contributed by atoms with E-state index in [1.807, 2.05) is 33.8 Å². The molecule has 1 saturated heterocycles. The van der Waals surface area contributed by atoms with E-state index in [-0.39, 0.29) is 11.9 Å². The summed E-state index contributed by atoms with van der Waals surface area (Å²) in [6.07, 6.45) is 1.08. The molecule has 1 fully saturated rings. The van der Waals surface area contributed by atoms with Gasteiger partial charge in [0.1, 0.15) is 29.1 Å². The number of carbonyl (C=O) groups excluding carboxylic acids is 1. The Bertz CT molecular complexity index is 795. The summed E-state index contributed by atoms with van der Waals surface area (Å²) in [6, 6.07) is 3.37. The molecule has 0 spiro atoms.